The average molecular weight is 1080 g/mol. The molecule has 3 aromatic rings. The lowest BCUT2D eigenvalue weighted by Gasteiger charge is -2.23. The van der Waals surface area contributed by atoms with Crippen LogP contribution in [0.1, 0.15) is 47.8 Å². The molecule has 3 aliphatic rings. The van der Waals surface area contributed by atoms with Crippen LogP contribution < -0.4 is 33.2 Å². The maximum absolute atomic E-state index is 14.1. The molecule has 0 spiro atoms. The van der Waals surface area contributed by atoms with Crippen molar-refractivity contribution in [2.75, 3.05) is 38.2 Å². The maximum atomic E-state index is 14.1. The van der Waals surface area contributed by atoms with Crippen molar-refractivity contribution in [3.63, 3.8) is 0 Å². The fraction of sp³-hybridized carbons (Fsp3) is 0.270. The summed E-state index contributed by atoms with van der Waals surface area (Å²) in [5.74, 6) is 3.36. The molecule has 2 aliphatic heterocycles. The molecule has 376 valence electrons. The number of ether oxygens (including phenoxy) is 1. The van der Waals surface area contributed by atoms with E-state index in [9.17, 15) is 63.8 Å². The summed E-state index contributed by atoms with van der Waals surface area (Å²) in [6, 6.07) is 10.9. The number of nitrogens with two attached hydrogens (primary N) is 3. The summed E-state index contributed by atoms with van der Waals surface area (Å²) in [6.07, 6.45) is -0.542. The molecular weight excluding hydrogens is 1040 g/mol. The number of anilines is 2. The van der Waals surface area contributed by atoms with Crippen LogP contribution in [0.15, 0.2) is 73.7 Å². The number of hydrogen-bond donors (Lipinski definition) is 9. The van der Waals surface area contributed by atoms with E-state index in [1.165, 1.54) is 54.5 Å². The molecule has 0 radical (unpaired) electrons. The zero-order chi connectivity index (χ0) is 51.7. The molecule has 12 N–H and O–H groups in total. The van der Waals surface area contributed by atoms with Crippen LogP contribution in [0.4, 0.5) is 11.5 Å². The average Bonchev–Trinajstić information content (AvgIpc) is 3.70. The molecule has 4 atom stereocenters. The van der Waals surface area contributed by atoms with E-state index in [1.54, 1.807) is 0 Å². The van der Waals surface area contributed by atoms with Gasteiger partial charge in [-0.3, -0.25) is 28.6 Å². The number of nitrogens with one attached hydrogen (secondary N) is 1. The quantitative estimate of drug-likeness (QED) is 0.0191. The van der Waals surface area contributed by atoms with Crippen molar-refractivity contribution in [1.82, 2.24) is 19.8 Å². The number of aromatic nitrogens is 2. The highest BCUT2D eigenvalue weighted by atomic mass is 32.2. The fourth-order valence-electron chi connectivity index (χ4n) is 7.13. The van der Waals surface area contributed by atoms with Crippen LogP contribution in [0.2, 0.25) is 0 Å². The fourth-order valence-corrected chi connectivity index (χ4v) is 11.7. The first kappa shape index (κ1) is 53.6. The van der Waals surface area contributed by atoms with Gasteiger partial charge in [0.15, 0.2) is 11.3 Å². The van der Waals surface area contributed by atoms with E-state index in [-0.39, 0.29) is 77.8 Å². The molecule has 0 saturated carbocycles. The third-order valence-electron chi connectivity index (χ3n) is 10.0. The van der Waals surface area contributed by atoms with Crippen LogP contribution in [-0.4, -0.2) is 105 Å². The van der Waals surface area contributed by atoms with Crippen molar-refractivity contribution < 1.29 is 96.5 Å². The standard InChI is InChI=1S/C37H40N7O21P3S2/c1-43(36(46)23-8-3-2-7-22(23)30-24-11-13-26(38)33(69(55,56)57)31(24)63-32-25(30)12-14-27(39)34(32)70(58,59)60)17-5-9-28(45)41-16-4-6-20-18-44(37(47)42-35(20)40)29-15-10-21(62-29)19-61-67(51,52)65-68(53,54)64-66(48,49)50/h2-3,7-8,11-14,18,21,29,38H,5,9-10,15-17,19,39H2,1H3,(H,41,45)(H,51,52)(H,53,54)(H2,40,42,47)(H2,48,49,50)(H,55,56,57)(H,58,59,60)/t21-,29+/m0/s1. The minimum atomic E-state index is -5.74. The molecule has 1 aromatic heterocycles. The minimum Gasteiger partial charge on any atom is -0.744 e. The molecular formula is C37H40N7O21P3S2. The molecule has 0 bridgehead atoms. The summed E-state index contributed by atoms with van der Waals surface area (Å²) in [7, 11) is -25.8. The second-order valence-electron chi connectivity index (χ2n) is 15.0. The predicted molar refractivity (Wildman–Crippen MR) is 237 cm³/mol. The van der Waals surface area contributed by atoms with Gasteiger partial charge in [-0.2, -0.15) is 22.0 Å². The number of nitrogens with zero attached hydrogens (tertiary/aromatic N) is 3. The Balaban J connectivity index is 1.10. The van der Waals surface area contributed by atoms with Crippen molar-refractivity contribution >= 4 is 78.0 Å². The largest absolute Gasteiger partial charge is 0.744 e. The van der Waals surface area contributed by atoms with Crippen LogP contribution in [0.25, 0.3) is 33.4 Å². The molecule has 70 heavy (non-hydrogen) atoms. The van der Waals surface area contributed by atoms with Gasteiger partial charge in [-0.25, -0.2) is 26.9 Å². The Hall–Kier alpha value is -5.70. The Kier molecular flexibility index (Phi) is 15.8. The third kappa shape index (κ3) is 12.8. The first-order valence-electron chi connectivity index (χ1n) is 19.7. The SMILES string of the molecule is CN(CCCC(=O)NCC#Cc1cn([C@H]2CC[C@@H](COP(=O)(O)OP(=O)(O)OP(=O)(O)O)O2)c(=O)nc1N)C(=O)c1ccccc1-c1c2ccc(=[NH2+])c(S(=O)(=O)O)c-2oc2c(S(=O)(=O)[O-])c(N)ccc12. The summed E-state index contributed by atoms with van der Waals surface area (Å²) in [5.41, 5.74) is 9.86. The van der Waals surface area contributed by atoms with Gasteiger partial charge in [0, 0.05) is 54.4 Å². The van der Waals surface area contributed by atoms with Gasteiger partial charge >= 0.3 is 39.3 Å². The molecule has 1 aliphatic carbocycles. The van der Waals surface area contributed by atoms with E-state index >= 15 is 0 Å². The lowest BCUT2D eigenvalue weighted by molar-refractivity contribution is -0.176. The van der Waals surface area contributed by atoms with E-state index in [0.29, 0.717) is 0 Å². The Morgan fingerprint density at radius 2 is 1.70 bits per heavy atom. The van der Waals surface area contributed by atoms with Crippen molar-refractivity contribution in [3.05, 3.63) is 81.7 Å². The van der Waals surface area contributed by atoms with Gasteiger partial charge in [0.05, 0.1) is 30.5 Å². The van der Waals surface area contributed by atoms with Crippen molar-refractivity contribution in [1.29, 1.82) is 0 Å². The molecule has 28 nitrogen and oxygen atoms in total. The number of nitrogen functional groups attached to an aromatic ring is 2. The second-order valence-corrected chi connectivity index (χ2v) is 22.1. The van der Waals surface area contributed by atoms with Gasteiger partial charge in [0.2, 0.25) is 16.2 Å². The van der Waals surface area contributed by atoms with Crippen LogP contribution in [0, 0.1) is 11.8 Å². The first-order valence-corrected chi connectivity index (χ1v) is 27.1. The van der Waals surface area contributed by atoms with Crippen LogP contribution >= 0.6 is 23.5 Å². The molecule has 3 heterocycles. The van der Waals surface area contributed by atoms with Crippen molar-refractivity contribution in [3.8, 4) is 34.3 Å². The highest BCUT2D eigenvalue weighted by molar-refractivity contribution is 7.86. The normalized spacial score (nSPS) is 17.1. The second kappa shape index (κ2) is 20.6. The Labute approximate surface area is 395 Å². The van der Waals surface area contributed by atoms with E-state index in [1.807, 2.05) is 0 Å². The van der Waals surface area contributed by atoms with Crippen LogP contribution in [0.5, 0.6) is 0 Å². The number of carbonyl (C=O) groups is 2. The molecule has 2 amide bonds. The van der Waals surface area contributed by atoms with Gasteiger partial charge in [-0.1, -0.05) is 30.0 Å². The smallest absolute Gasteiger partial charge is 0.490 e. The van der Waals surface area contributed by atoms with E-state index < -0.39 is 112 Å². The van der Waals surface area contributed by atoms with E-state index in [4.69, 9.17) is 35.8 Å². The predicted octanol–water partition coefficient (Wildman–Crippen LogP) is -0.223. The first-order chi connectivity index (χ1) is 32.5. The highest BCUT2D eigenvalue weighted by Crippen LogP contribution is 2.66. The monoisotopic (exact) mass is 1080 g/mol. The lowest BCUT2D eigenvalue weighted by Crippen LogP contribution is -2.47. The third-order valence-corrected chi connectivity index (χ3v) is 15.7. The Bertz CT molecular complexity index is 3460. The summed E-state index contributed by atoms with van der Waals surface area (Å²) in [5, 5.41) is 7.94. The van der Waals surface area contributed by atoms with Gasteiger partial charge in [0.25, 0.3) is 5.91 Å². The van der Waals surface area contributed by atoms with Gasteiger partial charge < -0.3 is 55.0 Å². The van der Waals surface area contributed by atoms with Crippen LogP contribution in [0.3, 0.4) is 0 Å². The Morgan fingerprint density at radius 3 is 2.37 bits per heavy atom. The van der Waals surface area contributed by atoms with Crippen LogP contribution in [-0.2, 0) is 56.6 Å². The van der Waals surface area contributed by atoms with Gasteiger partial charge in [-0.15, -0.1) is 0 Å². The molecule has 2 aromatic carbocycles. The van der Waals surface area contributed by atoms with E-state index in [0.717, 1.165) is 16.7 Å². The summed E-state index contributed by atoms with van der Waals surface area (Å²) in [4.78, 5) is 78.9. The number of phosphoric acid groups is 3. The van der Waals surface area contributed by atoms with Gasteiger partial charge in [-0.05, 0) is 49.1 Å². The maximum Gasteiger partial charge on any atom is 0.490 e. The molecule has 6 rings (SSSR count). The minimum absolute atomic E-state index is 0.0115. The summed E-state index contributed by atoms with van der Waals surface area (Å²) >= 11 is 0. The molecule has 1 fully saturated rings. The van der Waals surface area contributed by atoms with Gasteiger partial charge in [0.1, 0.15) is 27.1 Å². The molecule has 33 heteroatoms. The highest BCUT2D eigenvalue weighted by Gasteiger charge is 2.42. The molecule has 2 unspecified atom stereocenters. The number of benzene rings is 3. The van der Waals surface area contributed by atoms with E-state index in [2.05, 4.69) is 35.3 Å². The lowest BCUT2D eigenvalue weighted by atomic mass is 9.90. The zero-order valence-corrected chi connectivity index (χ0v) is 40.1. The van der Waals surface area contributed by atoms with Crippen molar-refractivity contribution in [2.24, 2.45) is 0 Å². The number of carbonyl (C=O) groups excluding carboxylic acids is 2. The number of amides is 2. The number of hydrogen-bond acceptors (Lipinski definition) is 19. The zero-order valence-electron chi connectivity index (χ0n) is 35.8. The summed E-state index contributed by atoms with van der Waals surface area (Å²) < 4.78 is 131. The summed E-state index contributed by atoms with van der Waals surface area (Å²) in [6.45, 7) is -0.937. The Morgan fingerprint density at radius 1 is 1.00 bits per heavy atom. The van der Waals surface area contributed by atoms with Crippen molar-refractivity contribution in [2.45, 2.75) is 47.8 Å². The topological polar surface area (TPSA) is 456 Å². The number of fused-ring (bicyclic) bond motifs is 2. The molecule has 1 saturated heterocycles. The number of phosphoric ester groups is 1. The number of rotatable bonds is 17.